The summed E-state index contributed by atoms with van der Waals surface area (Å²) in [5, 5.41) is 15.1. The maximum atomic E-state index is 12.4. The molecule has 0 fully saturated rings. The van der Waals surface area contributed by atoms with Crippen molar-refractivity contribution in [1.29, 1.82) is 5.26 Å². The molecule has 0 atom stereocenters. The molecule has 0 aliphatic rings. The van der Waals surface area contributed by atoms with Crippen molar-refractivity contribution >= 4 is 29.2 Å². The highest BCUT2D eigenvalue weighted by atomic mass is 16.5. The first-order valence-corrected chi connectivity index (χ1v) is 10.0. The average Bonchev–Trinajstić information content (AvgIpc) is 2.87. The zero-order valence-corrected chi connectivity index (χ0v) is 18.4. The van der Waals surface area contributed by atoms with Crippen molar-refractivity contribution in [2.24, 2.45) is 5.10 Å². The SMILES string of the molecule is COc1ccccc1C(=O)Oc1ccc(/C(C)=N/NC(=O)C(=O)Nc2ccc(C#N)cc2)cc1. The maximum Gasteiger partial charge on any atom is 0.347 e. The second-order valence-corrected chi connectivity index (χ2v) is 6.90. The second kappa shape index (κ2) is 11.1. The molecule has 0 radical (unpaired) electrons. The van der Waals surface area contributed by atoms with E-state index in [1.165, 1.54) is 31.4 Å². The molecule has 3 aromatic rings. The number of hydrogen-bond donors (Lipinski definition) is 2. The zero-order valence-electron chi connectivity index (χ0n) is 18.4. The standard InChI is InChI=1S/C25H20N4O5/c1-16(28-29-24(31)23(30)27-19-11-7-17(15-26)8-12-19)18-9-13-20(14-10-18)34-25(32)21-5-3-4-6-22(21)33-2/h3-14H,1-2H3,(H,27,30)(H,29,31)/b28-16+. The van der Waals surface area contributed by atoms with E-state index in [0.29, 0.717) is 39.6 Å². The third-order valence-electron chi connectivity index (χ3n) is 4.61. The van der Waals surface area contributed by atoms with Crippen LogP contribution in [0.5, 0.6) is 11.5 Å². The molecule has 0 saturated carbocycles. The van der Waals surface area contributed by atoms with Gasteiger partial charge < -0.3 is 14.8 Å². The molecule has 0 spiro atoms. The van der Waals surface area contributed by atoms with Gasteiger partial charge in [-0.2, -0.15) is 10.4 Å². The number of carbonyl (C=O) groups excluding carboxylic acids is 3. The third kappa shape index (κ3) is 6.05. The Balaban J connectivity index is 1.57. The van der Waals surface area contributed by atoms with Crippen LogP contribution in [0.3, 0.4) is 0 Å². The molecule has 0 aliphatic carbocycles. The number of amides is 2. The van der Waals surface area contributed by atoms with Crippen LogP contribution in [-0.4, -0.2) is 30.6 Å². The summed E-state index contributed by atoms with van der Waals surface area (Å²) in [6.07, 6.45) is 0. The van der Waals surface area contributed by atoms with Crippen LogP contribution < -0.4 is 20.2 Å². The Kier molecular flexibility index (Phi) is 7.71. The van der Waals surface area contributed by atoms with Crippen molar-refractivity contribution < 1.29 is 23.9 Å². The fourth-order valence-electron chi connectivity index (χ4n) is 2.81. The lowest BCUT2D eigenvalue weighted by atomic mass is 10.1. The zero-order chi connectivity index (χ0) is 24.5. The summed E-state index contributed by atoms with van der Waals surface area (Å²) in [5.41, 5.74) is 4.37. The largest absolute Gasteiger partial charge is 0.496 e. The lowest BCUT2D eigenvalue weighted by Gasteiger charge is -2.09. The number of anilines is 1. The van der Waals surface area contributed by atoms with E-state index in [4.69, 9.17) is 14.7 Å². The number of nitrogens with zero attached hydrogens (tertiary/aromatic N) is 2. The lowest BCUT2D eigenvalue weighted by molar-refractivity contribution is -0.136. The Morgan fingerprint density at radius 3 is 2.24 bits per heavy atom. The Hall–Kier alpha value is -4.97. The minimum atomic E-state index is -0.953. The number of rotatable bonds is 6. The third-order valence-corrected chi connectivity index (χ3v) is 4.61. The number of nitrogens with one attached hydrogen (secondary N) is 2. The molecular weight excluding hydrogens is 436 g/mol. The van der Waals surface area contributed by atoms with E-state index in [0.717, 1.165) is 0 Å². The quantitative estimate of drug-likeness (QED) is 0.193. The number of hydrazone groups is 1. The molecule has 34 heavy (non-hydrogen) atoms. The van der Waals surface area contributed by atoms with Gasteiger partial charge in [0.25, 0.3) is 0 Å². The predicted octanol–water partition coefficient (Wildman–Crippen LogP) is 3.26. The Morgan fingerprint density at radius 1 is 0.912 bits per heavy atom. The van der Waals surface area contributed by atoms with E-state index in [2.05, 4.69) is 15.8 Å². The van der Waals surface area contributed by atoms with Crippen molar-refractivity contribution in [1.82, 2.24) is 5.43 Å². The van der Waals surface area contributed by atoms with Gasteiger partial charge in [-0.3, -0.25) is 9.59 Å². The van der Waals surface area contributed by atoms with Gasteiger partial charge in [-0.1, -0.05) is 12.1 Å². The normalized spacial score (nSPS) is 10.6. The first kappa shape index (κ1) is 23.7. The highest BCUT2D eigenvalue weighted by Crippen LogP contribution is 2.21. The summed E-state index contributed by atoms with van der Waals surface area (Å²) in [5.74, 6) is -1.69. The summed E-state index contributed by atoms with van der Waals surface area (Å²) >= 11 is 0. The van der Waals surface area contributed by atoms with Crippen LogP contribution in [0.2, 0.25) is 0 Å². The highest BCUT2D eigenvalue weighted by molar-refractivity contribution is 6.39. The molecule has 3 rings (SSSR count). The molecule has 9 nitrogen and oxygen atoms in total. The number of ether oxygens (including phenoxy) is 2. The Bertz CT molecular complexity index is 1280. The highest BCUT2D eigenvalue weighted by Gasteiger charge is 2.15. The first-order valence-electron chi connectivity index (χ1n) is 10.0. The molecule has 2 N–H and O–H groups in total. The summed E-state index contributed by atoms with van der Waals surface area (Å²) in [6, 6.07) is 21.3. The first-order chi connectivity index (χ1) is 16.4. The van der Waals surface area contributed by atoms with Crippen LogP contribution in [0.4, 0.5) is 5.69 Å². The molecule has 9 heteroatoms. The summed E-state index contributed by atoms with van der Waals surface area (Å²) in [4.78, 5) is 36.4. The molecule has 0 unspecified atom stereocenters. The van der Waals surface area contributed by atoms with Crippen LogP contribution in [-0.2, 0) is 9.59 Å². The van der Waals surface area contributed by atoms with Gasteiger partial charge in [0, 0.05) is 5.69 Å². The number of benzene rings is 3. The van der Waals surface area contributed by atoms with Crippen LogP contribution in [0.1, 0.15) is 28.4 Å². The Morgan fingerprint density at radius 2 is 1.59 bits per heavy atom. The minimum Gasteiger partial charge on any atom is -0.496 e. The number of hydrogen-bond acceptors (Lipinski definition) is 7. The molecular formula is C25H20N4O5. The predicted molar refractivity (Wildman–Crippen MR) is 125 cm³/mol. The smallest absolute Gasteiger partial charge is 0.347 e. The minimum absolute atomic E-state index is 0.300. The second-order valence-electron chi connectivity index (χ2n) is 6.90. The van der Waals surface area contributed by atoms with Crippen LogP contribution >= 0.6 is 0 Å². The maximum absolute atomic E-state index is 12.4. The lowest BCUT2D eigenvalue weighted by Crippen LogP contribution is -2.32. The summed E-state index contributed by atoms with van der Waals surface area (Å²) in [6.45, 7) is 1.65. The van der Waals surface area contributed by atoms with E-state index in [1.807, 2.05) is 6.07 Å². The fraction of sp³-hybridized carbons (Fsp3) is 0.0800. The van der Waals surface area contributed by atoms with E-state index in [1.54, 1.807) is 55.5 Å². The van der Waals surface area contributed by atoms with Gasteiger partial charge in [-0.05, 0) is 73.2 Å². The van der Waals surface area contributed by atoms with Crippen molar-refractivity contribution in [2.75, 3.05) is 12.4 Å². The molecule has 2 amide bonds. The topological polar surface area (TPSA) is 130 Å². The molecule has 3 aromatic carbocycles. The van der Waals surface area contributed by atoms with E-state index in [9.17, 15) is 14.4 Å². The molecule has 170 valence electrons. The number of carbonyl (C=O) groups is 3. The Labute approximate surface area is 195 Å². The van der Waals surface area contributed by atoms with Gasteiger partial charge >= 0.3 is 17.8 Å². The van der Waals surface area contributed by atoms with Crippen LogP contribution in [0.25, 0.3) is 0 Å². The molecule has 0 bridgehead atoms. The van der Waals surface area contributed by atoms with Gasteiger partial charge in [0.2, 0.25) is 0 Å². The van der Waals surface area contributed by atoms with Gasteiger partial charge in [0.1, 0.15) is 17.1 Å². The molecule has 0 saturated heterocycles. The van der Waals surface area contributed by atoms with E-state index < -0.39 is 17.8 Å². The number of para-hydroxylation sites is 1. The van der Waals surface area contributed by atoms with E-state index >= 15 is 0 Å². The summed E-state index contributed by atoms with van der Waals surface area (Å²) in [7, 11) is 1.47. The van der Waals surface area contributed by atoms with Gasteiger partial charge in [-0.15, -0.1) is 0 Å². The summed E-state index contributed by atoms with van der Waals surface area (Å²) < 4.78 is 10.5. The average molecular weight is 456 g/mol. The molecule has 0 heterocycles. The van der Waals surface area contributed by atoms with Crippen molar-refractivity contribution in [3.05, 3.63) is 89.5 Å². The van der Waals surface area contributed by atoms with Gasteiger partial charge in [0.05, 0.1) is 24.5 Å². The fourth-order valence-corrected chi connectivity index (χ4v) is 2.81. The van der Waals surface area contributed by atoms with Crippen molar-refractivity contribution in [3.8, 4) is 17.6 Å². The van der Waals surface area contributed by atoms with Gasteiger partial charge in [0.15, 0.2) is 0 Å². The number of methoxy groups -OCH3 is 1. The number of esters is 1. The molecule has 0 aliphatic heterocycles. The van der Waals surface area contributed by atoms with Crippen LogP contribution in [0, 0.1) is 11.3 Å². The van der Waals surface area contributed by atoms with Crippen molar-refractivity contribution in [3.63, 3.8) is 0 Å². The van der Waals surface area contributed by atoms with Crippen molar-refractivity contribution in [2.45, 2.75) is 6.92 Å². The monoisotopic (exact) mass is 456 g/mol. The van der Waals surface area contributed by atoms with Crippen LogP contribution in [0.15, 0.2) is 77.9 Å². The molecule has 0 aromatic heterocycles. The van der Waals surface area contributed by atoms with E-state index in [-0.39, 0.29) is 0 Å². The number of nitriles is 1. The van der Waals surface area contributed by atoms with Gasteiger partial charge in [-0.25, -0.2) is 10.2 Å².